The minimum atomic E-state index is -0.445. The second-order valence-corrected chi connectivity index (χ2v) is 3.61. The van der Waals surface area contributed by atoms with E-state index >= 15 is 0 Å². The SMILES string of the molecule is N=C(N)CSc1ccc([N+](=O)[O-])cc1. The average molecular weight is 211 g/mol. The standard InChI is InChI=1S/C8H9N3O2S/c9-8(10)5-14-7-3-1-6(2-4-7)11(12)13/h1-4H,5H2,(H3,9,10). The number of benzene rings is 1. The Hall–Kier alpha value is -1.56. The summed E-state index contributed by atoms with van der Waals surface area (Å²) in [6.07, 6.45) is 0. The van der Waals surface area contributed by atoms with E-state index in [1.165, 1.54) is 23.9 Å². The largest absolute Gasteiger partial charge is 0.387 e. The van der Waals surface area contributed by atoms with Crippen LogP contribution in [0, 0.1) is 15.5 Å². The molecule has 0 bridgehead atoms. The molecule has 0 aromatic heterocycles. The molecule has 0 atom stereocenters. The van der Waals surface area contributed by atoms with Crippen LogP contribution in [0.4, 0.5) is 5.69 Å². The van der Waals surface area contributed by atoms with Crippen molar-refractivity contribution in [1.29, 1.82) is 5.41 Å². The van der Waals surface area contributed by atoms with Gasteiger partial charge in [0, 0.05) is 17.0 Å². The molecule has 0 heterocycles. The number of rotatable bonds is 4. The number of hydrogen-bond donors (Lipinski definition) is 2. The van der Waals surface area contributed by atoms with Crippen LogP contribution in [-0.4, -0.2) is 16.5 Å². The summed E-state index contributed by atoms with van der Waals surface area (Å²) in [5, 5.41) is 17.3. The van der Waals surface area contributed by atoms with Crippen molar-refractivity contribution in [2.75, 3.05) is 5.75 Å². The Balaban J connectivity index is 2.64. The third kappa shape index (κ3) is 3.06. The van der Waals surface area contributed by atoms with Crippen molar-refractivity contribution in [2.24, 2.45) is 5.73 Å². The van der Waals surface area contributed by atoms with E-state index in [4.69, 9.17) is 11.1 Å². The molecule has 1 aromatic carbocycles. The van der Waals surface area contributed by atoms with Gasteiger partial charge >= 0.3 is 0 Å². The van der Waals surface area contributed by atoms with Crippen LogP contribution in [0.15, 0.2) is 29.2 Å². The number of nitrogens with one attached hydrogen (secondary N) is 1. The first-order chi connectivity index (χ1) is 6.59. The second kappa shape index (κ2) is 4.61. The highest BCUT2D eigenvalue weighted by Gasteiger charge is 2.03. The van der Waals surface area contributed by atoms with Gasteiger partial charge in [0.1, 0.15) is 5.84 Å². The Labute approximate surface area is 85.0 Å². The van der Waals surface area contributed by atoms with E-state index in [0.717, 1.165) is 4.90 Å². The summed E-state index contributed by atoms with van der Waals surface area (Å²) < 4.78 is 0. The molecule has 0 saturated heterocycles. The molecule has 74 valence electrons. The van der Waals surface area contributed by atoms with E-state index in [9.17, 15) is 10.1 Å². The zero-order chi connectivity index (χ0) is 10.6. The Morgan fingerprint density at radius 1 is 1.50 bits per heavy atom. The number of nitrogens with zero attached hydrogens (tertiary/aromatic N) is 1. The van der Waals surface area contributed by atoms with Gasteiger partial charge in [-0.05, 0) is 12.1 Å². The van der Waals surface area contributed by atoms with E-state index < -0.39 is 4.92 Å². The van der Waals surface area contributed by atoms with Crippen molar-refractivity contribution in [2.45, 2.75) is 4.90 Å². The fourth-order valence-corrected chi connectivity index (χ4v) is 1.48. The molecule has 1 rings (SSSR count). The third-order valence-electron chi connectivity index (χ3n) is 1.44. The van der Waals surface area contributed by atoms with Crippen LogP contribution in [0.3, 0.4) is 0 Å². The number of nitro benzene ring substituents is 1. The van der Waals surface area contributed by atoms with Gasteiger partial charge in [0.15, 0.2) is 0 Å². The van der Waals surface area contributed by atoms with Gasteiger partial charge in [0.25, 0.3) is 5.69 Å². The highest BCUT2D eigenvalue weighted by Crippen LogP contribution is 2.20. The summed E-state index contributed by atoms with van der Waals surface area (Å²) in [7, 11) is 0. The summed E-state index contributed by atoms with van der Waals surface area (Å²) in [5.41, 5.74) is 5.24. The highest BCUT2D eigenvalue weighted by molar-refractivity contribution is 8.00. The third-order valence-corrected chi connectivity index (χ3v) is 2.50. The molecule has 6 heteroatoms. The minimum absolute atomic E-state index is 0.0668. The second-order valence-electron chi connectivity index (χ2n) is 2.56. The first-order valence-corrected chi connectivity index (χ1v) is 4.78. The number of hydrogen-bond acceptors (Lipinski definition) is 4. The molecule has 0 radical (unpaired) electrons. The summed E-state index contributed by atoms with van der Waals surface area (Å²) in [4.78, 5) is 10.7. The molecule has 0 saturated carbocycles. The monoisotopic (exact) mass is 211 g/mol. The number of amidine groups is 1. The molecule has 0 aliphatic carbocycles. The summed E-state index contributed by atoms with van der Waals surface area (Å²) in [6.45, 7) is 0. The van der Waals surface area contributed by atoms with Crippen molar-refractivity contribution < 1.29 is 4.92 Å². The molecule has 3 N–H and O–H groups in total. The summed E-state index contributed by atoms with van der Waals surface area (Å²) in [6, 6.07) is 6.16. The molecule has 14 heavy (non-hydrogen) atoms. The van der Waals surface area contributed by atoms with Crippen molar-refractivity contribution in [3.05, 3.63) is 34.4 Å². The van der Waals surface area contributed by atoms with Crippen molar-refractivity contribution in [3.8, 4) is 0 Å². The Kier molecular flexibility index (Phi) is 3.47. The van der Waals surface area contributed by atoms with Gasteiger partial charge in [-0.3, -0.25) is 15.5 Å². The fourth-order valence-electron chi connectivity index (χ4n) is 0.825. The molecule has 0 aliphatic rings. The molecular formula is C8H9N3O2S. The lowest BCUT2D eigenvalue weighted by Gasteiger charge is -1.98. The zero-order valence-corrected chi connectivity index (χ0v) is 8.08. The zero-order valence-electron chi connectivity index (χ0n) is 7.27. The first-order valence-electron chi connectivity index (χ1n) is 3.80. The van der Waals surface area contributed by atoms with E-state index in [1.54, 1.807) is 12.1 Å². The van der Waals surface area contributed by atoms with Gasteiger partial charge < -0.3 is 5.73 Å². The van der Waals surface area contributed by atoms with E-state index in [1.807, 2.05) is 0 Å². The molecule has 0 aliphatic heterocycles. The van der Waals surface area contributed by atoms with E-state index in [0.29, 0.717) is 5.75 Å². The van der Waals surface area contributed by atoms with Crippen molar-refractivity contribution in [3.63, 3.8) is 0 Å². The number of nitrogens with two attached hydrogens (primary N) is 1. The summed E-state index contributed by atoms with van der Waals surface area (Å²) >= 11 is 1.38. The molecule has 0 fully saturated rings. The van der Waals surface area contributed by atoms with Gasteiger partial charge in [0.2, 0.25) is 0 Å². The quantitative estimate of drug-likeness (QED) is 0.260. The van der Waals surface area contributed by atoms with Crippen molar-refractivity contribution in [1.82, 2.24) is 0 Å². The van der Waals surface area contributed by atoms with Gasteiger partial charge in [0.05, 0.1) is 10.7 Å². The van der Waals surface area contributed by atoms with Crippen LogP contribution in [-0.2, 0) is 0 Å². The maximum Gasteiger partial charge on any atom is 0.269 e. The predicted molar refractivity (Wildman–Crippen MR) is 55.7 cm³/mol. The smallest absolute Gasteiger partial charge is 0.269 e. The lowest BCUT2D eigenvalue weighted by molar-refractivity contribution is -0.384. The molecular weight excluding hydrogens is 202 g/mol. The number of thioether (sulfide) groups is 1. The van der Waals surface area contributed by atoms with Crippen LogP contribution in [0.25, 0.3) is 0 Å². The maximum absolute atomic E-state index is 10.3. The van der Waals surface area contributed by atoms with Crippen LogP contribution in [0.1, 0.15) is 0 Å². The molecule has 0 spiro atoms. The van der Waals surface area contributed by atoms with Gasteiger partial charge in [-0.25, -0.2) is 0 Å². The maximum atomic E-state index is 10.3. The lowest BCUT2D eigenvalue weighted by Crippen LogP contribution is -2.11. The van der Waals surface area contributed by atoms with Crippen LogP contribution >= 0.6 is 11.8 Å². The fraction of sp³-hybridized carbons (Fsp3) is 0.125. The molecule has 0 unspecified atom stereocenters. The average Bonchev–Trinajstić information content (AvgIpc) is 2.15. The van der Waals surface area contributed by atoms with Crippen LogP contribution in [0.2, 0.25) is 0 Å². The van der Waals surface area contributed by atoms with Gasteiger partial charge in [-0.1, -0.05) is 0 Å². The first kappa shape index (κ1) is 10.5. The van der Waals surface area contributed by atoms with Gasteiger partial charge in [-0.15, -0.1) is 11.8 Å². The number of nitro groups is 1. The predicted octanol–water partition coefficient (Wildman–Crippen LogP) is 1.62. The molecule has 1 aromatic rings. The number of non-ortho nitro benzene ring substituents is 1. The van der Waals surface area contributed by atoms with Crippen LogP contribution in [0.5, 0.6) is 0 Å². The Morgan fingerprint density at radius 3 is 2.50 bits per heavy atom. The van der Waals surface area contributed by atoms with E-state index in [-0.39, 0.29) is 11.5 Å². The van der Waals surface area contributed by atoms with E-state index in [2.05, 4.69) is 0 Å². The Bertz CT molecular complexity index is 350. The lowest BCUT2D eigenvalue weighted by atomic mass is 10.3. The van der Waals surface area contributed by atoms with Gasteiger partial charge in [-0.2, -0.15) is 0 Å². The van der Waals surface area contributed by atoms with Crippen LogP contribution < -0.4 is 5.73 Å². The summed E-state index contributed by atoms with van der Waals surface area (Å²) in [5.74, 6) is 0.492. The topological polar surface area (TPSA) is 93.0 Å². The normalized spacial score (nSPS) is 9.71. The Morgan fingerprint density at radius 2 is 2.07 bits per heavy atom. The molecule has 0 amide bonds. The minimum Gasteiger partial charge on any atom is -0.387 e. The molecule has 5 nitrogen and oxygen atoms in total. The highest BCUT2D eigenvalue weighted by atomic mass is 32.2. The van der Waals surface area contributed by atoms with Crippen molar-refractivity contribution >= 4 is 23.3 Å².